The van der Waals surface area contributed by atoms with Crippen molar-refractivity contribution in [2.75, 3.05) is 11.9 Å². The van der Waals surface area contributed by atoms with Crippen LogP contribution in [0.4, 0.5) is 19.5 Å². The van der Waals surface area contributed by atoms with Gasteiger partial charge in [-0.2, -0.15) is 15.0 Å². The molecule has 0 radical (unpaired) electrons. The maximum Gasteiger partial charge on any atom is 0.413 e. The number of aliphatic carboxylic acids is 1. The molecular formula is C33H48N10O11S. The number of thiazole rings is 1. The molecule has 0 spiro atoms. The number of carbonyl (C=O) groups excluding carboxylic acids is 5. The average molecular weight is 793 g/mol. The highest BCUT2D eigenvalue weighted by atomic mass is 32.1. The predicted molar refractivity (Wildman–Crippen MR) is 194 cm³/mol. The lowest BCUT2D eigenvalue weighted by Gasteiger charge is -2.36. The number of rotatable bonds is 14. The van der Waals surface area contributed by atoms with Gasteiger partial charge in [0, 0.05) is 24.8 Å². The Morgan fingerprint density at radius 2 is 1.62 bits per heavy atom. The highest BCUT2D eigenvalue weighted by Crippen LogP contribution is 2.40. The molecule has 2 fully saturated rings. The number of alkyl carbamates (subject to hydrolysis) is 2. The van der Waals surface area contributed by atoms with Crippen LogP contribution in [-0.4, -0.2) is 108 Å². The summed E-state index contributed by atoms with van der Waals surface area (Å²) in [6.07, 6.45) is -0.204. The van der Waals surface area contributed by atoms with Crippen LogP contribution < -0.4 is 26.6 Å². The number of aromatic nitrogens is 4. The Morgan fingerprint density at radius 1 is 1.00 bits per heavy atom. The van der Waals surface area contributed by atoms with Crippen molar-refractivity contribution < 1.29 is 52.9 Å². The van der Waals surface area contributed by atoms with E-state index >= 15 is 0 Å². The average Bonchev–Trinajstić information content (AvgIpc) is 3.44. The van der Waals surface area contributed by atoms with Gasteiger partial charge in [-0.05, 0) is 68.7 Å². The predicted octanol–water partition coefficient (Wildman–Crippen LogP) is 2.58. The Bertz CT molecular complexity index is 1800. The van der Waals surface area contributed by atoms with Gasteiger partial charge in [0.25, 0.3) is 5.91 Å². The summed E-state index contributed by atoms with van der Waals surface area (Å²) >= 11 is 0.949. The minimum absolute atomic E-state index is 0.0161. The molecule has 22 heteroatoms. The van der Waals surface area contributed by atoms with Crippen molar-refractivity contribution in [3.63, 3.8) is 0 Å². The zero-order valence-electron chi connectivity index (χ0n) is 32.1. The topological polar surface area (TPSA) is 276 Å². The van der Waals surface area contributed by atoms with E-state index in [1.165, 1.54) is 16.4 Å². The van der Waals surface area contributed by atoms with Gasteiger partial charge in [-0.15, -0.1) is 11.3 Å². The monoisotopic (exact) mass is 792 g/mol. The van der Waals surface area contributed by atoms with Crippen LogP contribution in [0, 0.1) is 0 Å². The molecule has 2 aromatic heterocycles. The van der Waals surface area contributed by atoms with Gasteiger partial charge in [0.1, 0.15) is 34.2 Å². The lowest BCUT2D eigenvalue weighted by atomic mass is 9.98. The van der Waals surface area contributed by atoms with E-state index in [0.717, 1.165) is 11.3 Å². The number of carboxylic acids is 1. The number of nitrogens with one attached hydrogen (secondary N) is 5. The van der Waals surface area contributed by atoms with Crippen LogP contribution in [0.1, 0.15) is 99.0 Å². The number of nitrogens with zero attached hydrogens (tertiary/aromatic N) is 5. The summed E-state index contributed by atoms with van der Waals surface area (Å²) in [6.45, 7) is 15.5. The van der Waals surface area contributed by atoms with Crippen molar-refractivity contribution in [2.45, 2.75) is 129 Å². The summed E-state index contributed by atoms with van der Waals surface area (Å²) in [6, 6.07) is -2.57. The van der Waals surface area contributed by atoms with Crippen LogP contribution in [0.15, 0.2) is 16.7 Å². The molecule has 2 aliphatic rings. The van der Waals surface area contributed by atoms with Crippen molar-refractivity contribution in [2.24, 2.45) is 5.16 Å². The lowest BCUT2D eigenvalue weighted by Crippen LogP contribution is -2.70. The van der Waals surface area contributed by atoms with Crippen molar-refractivity contribution in [1.82, 2.24) is 41.2 Å². The molecule has 1 aliphatic carbocycles. The second-order valence-corrected chi connectivity index (χ2v) is 16.7. The van der Waals surface area contributed by atoms with Crippen LogP contribution in [-0.2, 0) is 40.0 Å². The van der Waals surface area contributed by atoms with E-state index in [-0.39, 0.29) is 43.2 Å². The molecule has 2 aromatic rings. The third kappa shape index (κ3) is 12.8. The highest BCUT2D eigenvalue weighted by Gasteiger charge is 2.55. The zero-order chi connectivity index (χ0) is 40.9. The molecule has 0 aromatic carbocycles. The van der Waals surface area contributed by atoms with E-state index in [0.29, 0.717) is 5.69 Å². The summed E-state index contributed by atoms with van der Waals surface area (Å²) in [5, 5.41) is 36.7. The van der Waals surface area contributed by atoms with Gasteiger partial charge in [-0.1, -0.05) is 5.16 Å². The summed E-state index contributed by atoms with van der Waals surface area (Å²) in [5.41, 5.74) is -4.05. The van der Waals surface area contributed by atoms with Gasteiger partial charge >= 0.3 is 24.2 Å². The van der Waals surface area contributed by atoms with E-state index in [9.17, 15) is 33.9 Å². The first-order valence-electron chi connectivity index (χ1n) is 17.3. The van der Waals surface area contributed by atoms with E-state index in [2.05, 4.69) is 46.9 Å². The van der Waals surface area contributed by atoms with E-state index in [4.69, 9.17) is 19.0 Å². The van der Waals surface area contributed by atoms with Gasteiger partial charge in [-0.25, -0.2) is 24.2 Å². The molecule has 0 unspecified atom stereocenters. The van der Waals surface area contributed by atoms with Gasteiger partial charge in [0.15, 0.2) is 10.8 Å². The SMILES string of the molecule is CC(C)(C)OC(=O)NCC[C@H](NC(=O)OC(C)(C)C)c1cnn(C[C@@H]2NC(=O)[C@H]2NC(=O)C(=NOC2(C(=O)O)CC2)c2csc(NC(=O)OC(C)(C)C)n2)n1. The number of hydrogen-bond donors (Lipinski definition) is 6. The summed E-state index contributed by atoms with van der Waals surface area (Å²) in [4.78, 5) is 86.0. The van der Waals surface area contributed by atoms with Crippen LogP contribution in [0.25, 0.3) is 0 Å². The van der Waals surface area contributed by atoms with Crippen LogP contribution in [0.2, 0.25) is 0 Å². The summed E-state index contributed by atoms with van der Waals surface area (Å²) < 4.78 is 15.9. The molecule has 55 heavy (non-hydrogen) atoms. The molecule has 302 valence electrons. The molecule has 3 atom stereocenters. The van der Waals surface area contributed by atoms with Gasteiger partial charge in [-0.3, -0.25) is 14.9 Å². The van der Waals surface area contributed by atoms with Crippen molar-refractivity contribution in [3.8, 4) is 0 Å². The number of anilines is 1. The molecule has 0 bridgehead atoms. The second kappa shape index (κ2) is 16.4. The van der Waals surface area contributed by atoms with E-state index in [1.54, 1.807) is 62.3 Å². The van der Waals surface area contributed by atoms with Gasteiger partial charge < -0.3 is 45.4 Å². The fraction of sp³-hybridized carbons (Fsp3) is 0.636. The fourth-order valence-corrected chi connectivity index (χ4v) is 5.39. The first kappa shape index (κ1) is 42.2. The molecule has 5 amide bonds. The number of amides is 5. The maximum absolute atomic E-state index is 13.6. The minimum atomic E-state index is -1.60. The summed E-state index contributed by atoms with van der Waals surface area (Å²) in [7, 11) is 0. The number of carboxylic acid groups (broad SMARTS) is 1. The van der Waals surface area contributed by atoms with Gasteiger partial charge in [0.2, 0.25) is 11.5 Å². The Balaban J connectivity index is 1.46. The summed E-state index contributed by atoms with van der Waals surface area (Å²) in [5.74, 6) is -2.69. The normalized spacial score (nSPS) is 18.4. The Kier molecular flexibility index (Phi) is 12.6. The fourth-order valence-electron chi connectivity index (χ4n) is 4.71. The van der Waals surface area contributed by atoms with Crippen molar-refractivity contribution >= 4 is 58.2 Å². The highest BCUT2D eigenvalue weighted by molar-refractivity contribution is 7.14. The maximum atomic E-state index is 13.6. The van der Waals surface area contributed by atoms with Gasteiger partial charge in [0.05, 0.1) is 24.8 Å². The smallest absolute Gasteiger partial charge is 0.413 e. The largest absolute Gasteiger partial charge is 0.478 e. The van der Waals surface area contributed by atoms with Crippen LogP contribution >= 0.6 is 11.3 Å². The second-order valence-electron chi connectivity index (χ2n) is 15.8. The first-order valence-corrected chi connectivity index (χ1v) is 18.2. The minimum Gasteiger partial charge on any atom is -0.478 e. The molecule has 1 aliphatic heterocycles. The molecule has 1 saturated heterocycles. The third-order valence-electron chi connectivity index (χ3n) is 7.34. The Morgan fingerprint density at radius 3 is 2.20 bits per heavy atom. The van der Waals surface area contributed by atoms with Crippen LogP contribution in [0.5, 0.6) is 0 Å². The number of carbonyl (C=O) groups is 6. The van der Waals surface area contributed by atoms with E-state index < -0.39 is 82.3 Å². The molecular weight excluding hydrogens is 744 g/mol. The van der Waals surface area contributed by atoms with Crippen molar-refractivity contribution in [3.05, 3.63) is 23.0 Å². The number of ether oxygens (including phenoxy) is 3. The molecule has 1 saturated carbocycles. The molecule has 3 heterocycles. The lowest BCUT2D eigenvalue weighted by molar-refractivity contribution is -0.153. The molecule has 4 rings (SSSR count). The van der Waals surface area contributed by atoms with Crippen molar-refractivity contribution in [1.29, 1.82) is 0 Å². The third-order valence-corrected chi connectivity index (χ3v) is 8.10. The number of β-lactam (4-membered cyclic amide) rings is 1. The molecule has 6 N–H and O–H groups in total. The quantitative estimate of drug-likeness (QED) is 0.0695. The first-order chi connectivity index (χ1) is 25.4. The number of hydrogen-bond acceptors (Lipinski definition) is 15. The Labute approximate surface area is 320 Å². The zero-order valence-corrected chi connectivity index (χ0v) is 32.9. The standard InChI is InChI=1S/C33H48N10O11S/c1-30(2,3)51-27(48)34-13-10-17(38-28(49)52-31(4,5)6)18-14-35-43(41-18)15-19-21(23(44)36-19)39-24(45)22(42-54-33(11-12-33)25(46)47)20-16-55-26(37-20)40-29(50)53-32(7,8)9/h14,16-17,19,21H,10-13,15H2,1-9H3,(H,34,48)(H,36,44)(H,38,49)(H,39,45)(H,46,47)(H,37,40,50)/t17-,19-,21-/m0/s1. The molecule has 21 nitrogen and oxygen atoms in total. The Hall–Kier alpha value is -5.54. The number of oxime groups is 1. The van der Waals surface area contributed by atoms with E-state index in [1.807, 2.05) is 0 Å². The van der Waals surface area contributed by atoms with Crippen LogP contribution in [0.3, 0.4) is 0 Å².